The first-order chi connectivity index (χ1) is 2.83. The number of halogens is 1. The van der Waals surface area contributed by atoms with E-state index in [1.807, 2.05) is 0 Å². The summed E-state index contributed by atoms with van der Waals surface area (Å²) >= 11 is 0. The maximum atomic E-state index is 3.25. The van der Waals surface area contributed by atoms with E-state index < -0.39 is 0 Å². The zero-order valence-electron chi connectivity index (χ0n) is 4.68. The summed E-state index contributed by atoms with van der Waals surface area (Å²) in [7, 11) is 0. The summed E-state index contributed by atoms with van der Waals surface area (Å²) in [6.07, 6.45) is 3.00. The molecule has 0 radical (unpaired) electrons. The quantitative estimate of drug-likeness (QED) is 0.366. The number of hydrogen-bond acceptors (Lipinski definition) is 0. The second-order valence-corrected chi connectivity index (χ2v) is 0.577. The van der Waals surface area contributed by atoms with Gasteiger partial charge >= 0.3 is 20.4 Å². The van der Waals surface area contributed by atoms with Crippen molar-refractivity contribution in [3.05, 3.63) is 39.2 Å². The van der Waals surface area contributed by atoms with Crippen LogP contribution in [0.1, 0.15) is 0 Å². The number of rotatable bonds is 0. The Bertz CT molecular complexity index is 29.5. The van der Waals surface area contributed by atoms with Crippen molar-refractivity contribution in [3.8, 4) is 0 Å². The summed E-state index contributed by atoms with van der Waals surface area (Å²) < 4.78 is 0. The Hall–Kier alpha value is 0.172. The molecule has 0 heterocycles. The first-order valence-electron chi connectivity index (χ1n) is 1.63. The standard InChI is InChI=1S/2C3H5.ClH.Pd/c2*1-3-2;;/h2*3H,1-2H2;1H;/q2*-1;;+2/p-1. The summed E-state index contributed by atoms with van der Waals surface area (Å²) in [5, 5.41) is 0. The predicted octanol–water partition coefficient (Wildman–Crippen LogP) is -0.986. The van der Waals surface area contributed by atoms with Crippen molar-refractivity contribution in [2.24, 2.45) is 0 Å². The molecule has 52 valence electrons. The molecule has 0 aromatic rings. The molecule has 0 saturated heterocycles. The van der Waals surface area contributed by atoms with Gasteiger partial charge in [-0.3, -0.25) is 0 Å². The molecule has 0 N–H and O–H groups in total. The van der Waals surface area contributed by atoms with Gasteiger partial charge in [0.1, 0.15) is 0 Å². The van der Waals surface area contributed by atoms with E-state index in [2.05, 4.69) is 27.0 Å². The normalized spacial score (nSPS) is 3.00. The SMILES string of the molecule is C=C[CH2-].C=C[CH2-].[Cl-].[Pd+2]. The Labute approximate surface area is 72.1 Å². The molecule has 0 spiro atoms. The van der Waals surface area contributed by atoms with Crippen LogP contribution in [0.2, 0.25) is 0 Å². The molecule has 0 amide bonds. The molecule has 0 aliphatic heterocycles. The Balaban J connectivity index is -0.0000000160. The Morgan fingerprint density at radius 3 is 1.00 bits per heavy atom. The van der Waals surface area contributed by atoms with Crippen LogP contribution in [0.4, 0.5) is 0 Å². The molecular formula is C6H10ClPd-. The van der Waals surface area contributed by atoms with Crippen molar-refractivity contribution in [2.45, 2.75) is 0 Å². The van der Waals surface area contributed by atoms with Gasteiger partial charge in [0.15, 0.2) is 0 Å². The minimum absolute atomic E-state index is 0. The van der Waals surface area contributed by atoms with Crippen molar-refractivity contribution in [1.82, 2.24) is 0 Å². The molecule has 0 rings (SSSR count). The zero-order valence-corrected chi connectivity index (χ0v) is 6.99. The molecule has 0 atom stereocenters. The van der Waals surface area contributed by atoms with Gasteiger partial charge in [-0.25, -0.2) is 39.2 Å². The fraction of sp³-hybridized carbons (Fsp3) is 0. The Morgan fingerprint density at radius 1 is 1.00 bits per heavy atom. The van der Waals surface area contributed by atoms with Crippen molar-refractivity contribution >= 4 is 0 Å². The number of hydrogen-bond donors (Lipinski definition) is 0. The molecular weight excluding hydrogens is 214 g/mol. The molecule has 0 fully saturated rings. The average Bonchev–Trinajstić information content (AvgIpc) is 1.39. The zero-order chi connectivity index (χ0) is 5.41. The van der Waals surface area contributed by atoms with Crippen molar-refractivity contribution in [3.63, 3.8) is 0 Å². The molecule has 0 bridgehead atoms. The molecule has 0 saturated carbocycles. The van der Waals surface area contributed by atoms with Gasteiger partial charge in [0.25, 0.3) is 0 Å². The van der Waals surface area contributed by atoms with Crippen LogP contribution in [0.15, 0.2) is 25.3 Å². The van der Waals surface area contributed by atoms with Gasteiger partial charge in [-0.15, -0.1) is 0 Å². The van der Waals surface area contributed by atoms with Crippen molar-refractivity contribution in [1.29, 1.82) is 0 Å². The van der Waals surface area contributed by atoms with Crippen LogP contribution < -0.4 is 12.4 Å². The summed E-state index contributed by atoms with van der Waals surface area (Å²) in [6.45, 7) is 13.0. The van der Waals surface area contributed by atoms with Crippen molar-refractivity contribution < 1.29 is 32.8 Å². The maximum Gasteiger partial charge on any atom is 2.00 e. The smallest absolute Gasteiger partial charge is 1.00 e. The third-order valence-electron chi connectivity index (χ3n) is 0. The van der Waals surface area contributed by atoms with Crippen LogP contribution in [0.25, 0.3) is 0 Å². The van der Waals surface area contributed by atoms with Crippen LogP contribution in [-0.4, -0.2) is 0 Å². The summed E-state index contributed by atoms with van der Waals surface area (Å²) in [4.78, 5) is 0. The van der Waals surface area contributed by atoms with Gasteiger partial charge in [0, 0.05) is 0 Å². The van der Waals surface area contributed by atoms with Gasteiger partial charge < -0.3 is 12.4 Å². The summed E-state index contributed by atoms with van der Waals surface area (Å²) in [5.74, 6) is 0. The molecule has 0 aliphatic rings. The van der Waals surface area contributed by atoms with Crippen molar-refractivity contribution in [2.75, 3.05) is 0 Å². The third-order valence-corrected chi connectivity index (χ3v) is 0. The fourth-order valence-corrected chi connectivity index (χ4v) is 0. The minimum Gasteiger partial charge on any atom is -1.00 e. The van der Waals surface area contributed by atoms with Crippen LogP contribution in [0, 0.1) is 13.8 Å². The van der Waals surface area contributed by atoms with Gasteiger partial charge in [-0.05, 0) is 0 Å². The van der Waals surface area contributed by atoms with E-state index in [4.69, 9.17) is 0 Å². The Morgan fingerprint density at radius 2 is 1.00 bits per heavy atom. The van der Waals surface area contributed by atoms with Crippen LogP contribution in [0.5, 0.6) is 0 Å². The van der Waals surface area contributed by atoms with Crippen LogP contribution >= 0.6 is 0 Å². The summed E-state index contributed by atoms with van der Waals surface area (Å²) in [6, 6.07) is 0. The van der Waals surface area contributed by atoms with Crippen LogP contribution in [-0.2, 0) is 20.4 Å². The molecule has 0 unspecified atom stereocenters. The van der Waals surface area contributed by atoms with Gasteiger partial charge in [0.05, 0.1) is 0 Å². The Kier molecular flexibility index (Phi) is 175. The van der Waals surface area contributed by atoms with E-state index in [0.717, 1.165) is 0 Å². The van der Waals surface area contributed by atoms with E-state index in [-0.39, 0.29) is 32.8 Å². The van der Waals surface area contributed by atoms with E-state index in [1.54, 1.807) is 0 Å². The van der Waals surface area contributed by atoms with Crippen LogP contribution in [0.3, 0.4) is 0 Å². The first kappa shape index (κ1) is 24.1. The van der Waals surface area contributed by atoms with Gasteiger partial charge in [0.2, 0.25) is 0 Å². The maximum absolute atomic E-state index is 3.25. The van der Waals surface area contributed by atoms with E-state index in [1.165, 1.54) is 12.2 Å². The first-order valence-corrected chi connectivity index (χ1v) is 1.63. The molecule has 0 aliphatic carbocycles. The largest absolute Gasteiger partial charge is 2.00 e. The predicted molar refractivity (Wildman–Crippen MR) is 31.1 cm³/mol. The van der Waals surface area contributed by atoms with Gasteiger partial charge in [-0.1, -0.05) is 0 Å². The molecule has 0 aromatic heterocycles. The molecule has 0 aromatic carbocycles. The average molecular weight is 224 g/mol. The topological polar surface area (TPSA) is 0 Å². The fourth-order valence-electron chi connectivity index (χ4n) is 0. The third kappa shape index (κ3) is 5560. The minimum atomic E-state index is 0. The van der Waals surface area contributed by atoms with E-state index in [9.17, 15) is 0 Å². The second kappa shape index (κ2) is 57.9. The molecule has 8 heavy (non-hydrogen) atoms. The van der Waals surface area contributed by atoms with Gasteiger partial charge in [-0.2, -0.15) is 0 Å². The van der Waals surface area contributed by atoms with E-state index >= 15 is 0 Å². The molecule has 2 heteroatoms. The second-order valence-electron chi connectivity index (χ2n) is 0.577. The summed E-state index contributed by atoms with van der Waals surface area (Å²) in [5.41, 5.74) is 0. The molecule has 0 nitrogen and oxygen atoms in total. The number of allylic oxidation sites excluding steroid dienone is 2. The van der Waals surface area contributed by atoms with E-state index in [0.29, 0.717) is 0 Å². The monoisotopic (exact) mass is 223 g/mol.